The predicted molar refractivity (Wildman–Crippen MR) is 72.1 cm³/mol. The van der Waals surface area contributed by atoms with Crippen molar-refractivity contribution in [2.24, 2.45) is 0 Å². The fourth-order valence-corrected chi connectivity index (χ4v) is 2.39. The fraction of sp³-hybridized carbons (Fsp3) is 0.571. The molecule has 0 spiro atoms. The molecular formula is C14H21FN2O2. The molecule has 1 heterocycles. The number of aliphatic hydroxyl groups is 1. The summed E-state index contributed by atoms with van der Waals surface area (Å²) in [7, 11) is 0. The zero-order chi connectivity index (χ0) is 13.7. The third-order valence-electron chi connectivity index (χ3n) is 3.45. The number of likely N-dealkylation sites (tertiary alicyclic amines) is 1. The van der Waals surface area contributed by atoms with E-state index in [0.29, 0.717) is 24.4 Å². The van der Waals surface area contributed by atoms with E-state index in [0.717, 1.165) is 25.9 Å². The number of anilines is 1. The maximum absolute atomic E-state index is 13.7. The van der Waals surface area contributed by atoms with Crippen LogP contribution in [0.15, 0.2) is 18.2 Å². The van der Waals surface area contributed by atoms with Crippen LogP contribution in [-0.2, 0) is 11.3 Å². The van der Waals surface area contributed by atoms with Crippen LogP contribution in [0.4, 0.5) is 10.1 Å². The highest BCUT2D eigenvalue weighted by molar-refractivity contribution is 5.40. The van der Waals surface area contributed by atoms with Crippen molar-refractivity contribution in [1.82, 2.24) is 4.90 Å². The summed E-state index contributed by atoms with van der Waals surface area (Å²) >= 11 is 0. The molecule has 0 aliphatic carbocycles. The Balaban J connectivity index is 1.82. The van der Waals surface area contributed by atoms with Gasteiger partial charge in [-0.3, -0.25) is 4.90 Å². The molecule has 1 saturated heterocycles. The van der Waals surface area contributed by atoms with Gasteiger partial charge in [0.2, 0.25) is 0 Å². The molecule has 1 aliphatic rings. The Kier molecular flexibility index (Phi) is 5.13. The molecule has 2 rings (SSSR count). The van der Waals surface area contributed by atoms with Gasteiger partial charge in [0.05, 0.1) is 19.3 Å². The fourth-order valence-electron chi connectivity index (χ4n) is 2.39. The van der Waals surface area contributed by atoms with Crippen molar-refractivity contribution in [3.8, 4) is 0 Å². The molecule has 1 aromatic carbocycles. The van der Waals surface area contributed by atoms with Gasteiger partial charge in [0.25, 0.3) is 0 Å². The molecule has 106 valence electrons. The largest absolute Gasteiger partial charge is 0.399 e. The van der Waals surface area contributed by atoms with Gasteiger partial charge in [-0.25, -0.2) is 4.39 Å². The normalized spacial score (nSPS) is 17.8. The number of nitrogens with zero attached hydrogens (tertiary/aromatic N) is 1. The number of benzene rings is 1. The molecule has 1 fully saturated rings. The van der Waals surface area contributed by atoms with Crippen molar-refractivity contribution in [2.75, 3.05) is 32.0 Å². The van der Waals surface area contributed by atoms with E-state index in [-0.39, 0.29) is 18.5 Å². The highest BCUT2D eigenvalue weighted by Crippen LogP contribution is 2.18. The van der Waals surface area contributed by atoms with Gasteiger partial charge < -0.3 is 15.6 Å². The van der Waals surface area contributed by atoms with Crippen LogP contribution in [0.5, 0.6) is 0 Å². The van der Waals surface area contributed by atoms with E-state index in [4.69, 9.17) is 15.6 Å². The van der Waals surface area contributed by atoms with Crippen LogP contribution in [-0.4, -0.2) is 42.4 Å². The summed E-state index contributed by atoms with van der Waals surface area (Å²) < 4.78 is 19.2. The number of nitrogens with two attached hydrogens (primary N) is 1. The zero-order valence-electron chi connectivity index (χ0n) is 11.0. The summed E-state index contributed by atoms with van der Waals surface area (Å²) in [5.74, 6) is -0.237. The monoisotopic (exact) mass is 268 g/mol. The molecule has 5 heteroatoms. The quantitative estimate of drug-likeness (QED) is 0.792. The Morgan fingerprint density at radius 1 is 1.37 bits per heavy atom. The van der Waals surface area contributed by atoms with Crippen molar-refractivity contribution in [3.63, 3.8) is 0 Å². The number of aliphatic hydroxyl groups excluding tert-OH is 1. The second-order valence-electron chi connectivity index (χ2n) is 4.92. The van der Waals surface area contributed by atoms with Crippen LogP contribution in [0, 0.1) is 5.82 Å². The van der Waals surface area contributed by atoms with Gasteiger partial charge in [-0.2, -0.15) is 0 Å². The van der Waals surface area contributed by atoms with Gasteiger partial charge in [0.1, 0.15) is 5.82 Å². The lowest BCUT2D eigenvalue weighted by Gasteiger charge is -2.31. The van der Waals surface area contributed by atoms with Crippen LogP contribution in [0.3, 0.4) is 0 Å². The third kappa shape index (κ3) is 4.16. The maximum Gasteiger partial charge on any atom is 0.129 e. The second-order valence-corrected chi connectivity index (χ2v) is 4.92. The zero-order valence-corrected chi connectivity index (χ0v) is 11.0. The van der Waals surface area contributed by atoms with Gasteiger partial charge in [-0.05, 0) is 25.0 Å². The van der Waals surface area contributed by atoms with Gasteiger partial charge in [-0.1, -0.05) is 6.07 Å². The molecule has 0 atom stereocenters. The minimum atomic E-state index is -0.237. The third-order valence-corrected chi connectivity index (χ3v) is 3.45. The highest BCUT2D eigenvalue weighted by atomic mass is 19.1. The van der Waals surface area contributed by atoms with Crippen molar-refractivity contribution >= 4 is 5.69 Å². The smallest absolute Gasteiger partial charge is 0.129 e. The Bertz CT molecular complexity index is 406. The lowest BCUT2D eigenvalue weighted by molar-refractivity contribution is -0.00914. The minimum Gasteiger partial charge on any atom is -0.399 e. The van der Waals surface area contributed by atoms with Crippen molar-refractivity contribution < 1.29 is 14.2 Å². The van der Waals surface area contributed by atoms with E-state index in [1.807, 2.05) is 0 Å². The van der Waals surface area contributed by atoms with E-state index < -0.39 is 0 Å². The van der Waals surface area contributed by atoms with Crippen molar-refractivity contribution in [3.05, 3.63) is 29.6 Å². The number of hydrogen-bond donors (Lipinski definition) is 2. The average Bonchev–Trinajstić information content (AvgIpc) is 2.41. The molecule has 19 heavy (non-hydrogen) atoms. The first-order chi connectivity index (χ1) is 9.19. The first-order valence-electron chi connectivity index (χ1n) is 6.68. The number of rotatable bonds is 5. The number of ether oxygens (including phenoxy) is 1. The molecule has 0 bridgehead atoms. The molecule has 0 unspecified atom stereocenters. The van der Waals surface area contributed by atoms with E-state index in [2.05, 4.69) is 4.90 Å². The molecule has 4 nitrogen and oxygen atoms in total. The Hall–Kier alpha value is -1.17. The molecule has 0 aromatic heterocycles. The van der Waals surface area contributed by atoms with Gasteiger partial charge in [0.15, 0.2) is 0 Å². The molecule has 1 aromatic rings. The molecule has 0 saturated carbocycles. The highest BCUT2D eigenvalue weighted by Gasteiger charge is 2.20. The molecule has 3 N–H and O–H groups in total. The van der Waals surface area contributed by atoms with E-state index in [1.54, 1.807) is 12.1 Å². The first-order valence-corrected chi connectivity index (χ1v) is 6.68. The molecule has 0 amide bonds. The second kappa shape index (κ2) is 6.84. The minimum absolute atomic E-state index is 0.0663. The van der Waals surface area contributed by atoms with Gasteiger partial charge >= 0.3 is 0 Å². The van der Waals surface area contributed by atoms with Gasteiger partial charge in [0, 0.05) is 30.9 Å². The summed E-state index contributed by atoms with van der Waals surface area (Å²) in [6.45, 7) is 2.85. The molecule has 0 radical (unpaired) electrons. The van der Waals surface area contributed by atoms with Crippen LogP contribution in [0.2, 0.25) is 0 Å². The SMILES string of the molecule is Nc1ccc(CN2CCC(OCCO)CC2)c(F)c1. The maximum atomic E-state index is 13.7. The van der Waals surface area contributed by atoms with Crippen LogP contribution in [0.25, 0.3) is 0 Å². The number of nitrogen functional groups attached to an aromatic ring is 1. The number of hydrogen-bond acceptors (Lipinski definition) is 4. The summed E-state index contributed by atoms with van der Waals surface area (Å²) in [6.07, 6.45) is 2.08. The Labute approximate surface area is 113 Å². The van der Waals surface area contributed by atoms with Crippen molar-refractivity contribution in [1.29, 1.82) is 0 Å². The van der Waals surface area contributed by atoms with E-state index in [9.17, 15) is 4.39 Å². The number of halogens is 1. The topological polar surface area (TPSA) is 58.7 Å². The standard InChI is InChI=1S/C14H21FN2O2/c15-14-9-12(16)2-1-11(14)10-17-5-3-13(4-6-17)19-8-7-18/h1-2,9,13,18H,3-8,10,16H2. The van der Waals surface area contributed by atoms with Crippen LogP contribution in [0.1, 0.15) is 18.4 Å². The van der Waals surface area contributed by atoms with Crippen LogP contribution < -0.4 is 5.73 Å². The Morgan fingerprint density at radius 3 is 2.74 bits per heavy atom. The Morgan fingerprint density at radius 2 is 2.11 bits per heavy atom. The lowest BCUT2D eigenvalue weighted by atomic mass is 10.1. The molecule has 1 aliphatic heterocycles. The first kappa shape index (κ1) is 14.2. The number of piperidine rings is 1. The lowest BCUT2D eigenvalue weighted by Crippen LogP contribution is -2.37. The molecular weight excluding hydrogens is 247 g/mol. The van der Waals surface area contributed by atoms with E-state index >= 15 is 0 Å². The average molecular weight is 268 g/mol. The summed E-state index contributed by atoms with van der Waals surface area (Å²) in [6, 6.07) is 4.85. The predicted octanol–water partition coefficient (Wildman–Crippen LogP) is 1.38. The summed E-state index contributed by atoms with van der Waals surface area (Å²) in [4.78, 5) is 2.22. The summed E-state index contributed by atoms with van der Waals surface area (Å²) in [5, 5.41) is 8.71. The van der Waals surface area contributed by atoms with Gasteiger partial charge in [-0.15, -0.1) is 0 Å². The van der Waals surface area contributed by atoms with Crippen LogP contribution >= 0.6 is 0 Å². The van der Waals surface area contributed by atoms with E-state index in [1.165, 1.54) is 6.07 Å². The summed E-state index contributed by atoms with van der Waals surface area (Å²) in [5.41, 5.74) is 6.67. The van der Waals surface area contributed by atoms with Crippen molar-refractivity contribution in [2.45, 2.75) is 25.5 Å².